The Morgan fingerprint density at radius 1 is 1.42 bits per heavy atom. The molecule has 0 radical (unpaired) electrons. The first-order chi connectivity index (χ1) is 9.19. The number of hydrogen-bond acceptors (Lipinski definition) is 5. The smallest absolute Gasteiger partial charge is 0.203 e. The van der Waals surface area contributed by atoms with E-state index in [0.29, 0.717) is 0 Å². The molecule has 1 fully saturated rings. The highest BCUT2D eigenvalue weighted by Gasteiger charge is 2.27. The number of aromatic nitrogens is 4. The molecule has 0 bridgehead atoms. The molecule has 0 N–H and O–H groups in total. The number of halogens is 1. The summed E-state index contributed by atoms with van der Waals surface area (Å²) < 4.78 is 7.81. The number of hydrogen-bond donors (Lipinski definition) is 0. The molecular weight excluding hydrogens is 310 g/mol. The van der Waals surface area contributed by atoms with Gasteiger partial charge in [0.25, 0.3) is 0 Å². The predicted molar refractivity (Wildman–Crippen MR) is 75.9 cm³/mol. The minimum atomic E-state index is 0.176. The van der Waals surface area contributed by atoms with E-state index in [0.717, 1.165) is 35.7 Å². The van der Waals surface area contributed by atoms with Gasteiger partial charge in [-0.3, -0.25) is 4.40 Å². The fourth-order valence-electron chi connectivity index (χ4n) is 2.46. The maximum absolute atomic E-state index is 5.85. The van der Waals surface area contributed by atoms with E-state index in [9.17, 15) is 0 Å². The summed E-state index contributed by atoms with van der Waals surface area (Å²) in [4.78, 5) is 6.70. The van der Waals surface area contributed by atoms with Crippen molar-refractivity contribution in [3.8, 4) is 0 Å². The normalized spacial score (nSPS) is 24.1. The molecule has 3 rings (SSSR count). The average Bonchev–Trinajstić information content (AvgIpc) is 2.80. The van der Waals surface area contributed by atoms with Gasteiger partial charge in [-0.1, -0.05) is 15.9 Å². The summed E-state index contributed by atoms with van der Waals surface area (Å²) in [6.45, 7) is 5.65. The lowest BCUT2D eigenvalue weighted by atomic mass is 10.2. The minimum Gasteiger partial charge on any atom is -0.371 e. The third kappa shape index (κ3) is 2.32. The Bertz CT molecular complexity index is 587. The fraction of sp³-hybridized carbons (Fsp3) is 0.583. The van der Waals surface area contributed by atoms with Crippen LogP contribution in [-0.4, -0.2) is 50.2 Å². The van der Waals surface area contributed by atoms with Gasteiger partial charge in [0.05, 0.1) is 12.2 Å². The summed E-state index contributed by atoms with van der Waals surface area (Å²) in [7, 11) is 0. The van der Waals surface area contributed by atoms with Crippen molar-refractivity contribution in [2.24, 2.45) is 0 Å². The van der Waals surface area contributed by atoms with Gasteiger partial charge in [-0.2, -0.15) is 0 Å². The summed E-state index contributed by atoms with van der Waals surface area (Å²) in [6, 6.07) is 0. The first-order valence-electron chi connectivity index (χ1n) is 6.31. The van der Waals surface area contributed by atoms with Gasteiger partial charge in [0.15, 0.2) is 5.82 Å². The number of anilines is 1. The number of morpholine rings is 1. The van der Waals surface area contributed by atoms with Crippen LogP contribution < -0.4 is 4.90 Å². The largest absolute Gasteiger partial charge is 0.371 e. The average molecular weight is 326 g/mol. The van der Waals surface area contributed by atoms with Gasteiger partial charge in [0, 0.05) is 30.8 Å². The third-order valence-electron chi connectivity index (χ3n) is 3.28. The molecule has 1 saturated heterocycles. The Hall–Kier alpha value is -1.21. The van der Waals surface area contributed by atoms with Gasteiger partial charge in [0.1, 0.15) is 5.82 Å². The van der Waals surface area contributed by atoms with Crippen LogP contribution in [-0.2, 0) is 4.74 Å². The summed E-state index contributed by atoms with van der Waals surface area (Å²) >= 11 is 3.49. The zero-order chi connectivity index (χ0) is 13.4. The maximum Gasteiger partial charge on any atom is 0.203 e. The first kappa shape index (κ1) is 12.8. The van der Waals surface area contributed by atoms with Crippen molar-refractivity contribution in [2.75, 3.05) is 23.3 Å². The standard InChI is InChI=1S/C12H16BrN5O/c1-8-6-17(7-10(5-13)19-8)11-12-16-15-9(2)18(12)4-3-14-11/h3-4,8,10H,5-7H2,1-2H3. The lowest BCUT2D eigenvalue weighted by molar-refractivity contribution is -0.00216. The Morgan fingerprint density at radius 2 is 2.26 bits per heavy atom. The van der Waals surface area contributed by atoms with E-state index in [1.165, 1.54) is 0 Å². The minimum absolute atomic E-state index is 0.176. The van der Waals surface area contributed by atoms with Crippen molar-refractivity contribution < 1.29 is 4.74 Å². The van der Waals surface area contributed by atoms with Crippen LogP contribution in [0, 0.1) is 6.92 Å². The summed E-state index contributed by atoms with van der Waals surface area (Å²) in [5.41, 5.74) is 0.808. The number of ether oxygens (including phenoxy) is 1. The Morgan fingerprint density at radius 3 is 3.05 bits per heavy atom. The molecule has 6 nitrogen and oxygen atoms in total. The molecule has 7 heteroatoms. The number of aryl methyl sites for hydroxylation is 1. The molecule has 1 aliphatic heterocycles. The molecule has 1 aliphatic rings. The van der Waals surface area contributed by atoms with Crippen molar-refractivity contribution in [1.82, 2.24) is 19.6 Å². The van der Waals surface area contributed by atoms with Crippen LogP contribution in [0.2, 0.25) is 0 Å². The molecule has 0 saturated carbocycles. The number of fused-ring (bicyclic) bond motifs is 1. The zero-order valence-corrected chi connectivity index (χ0v) is 12.5. The molecule has 0 spiro atoms. The van der Waals surface area contributed by atoms with Crippen LogP contribution in [0.3, 0.4) is 0 Å². The van der Waals surface area contributed by atoms with Crippen molar-refractivity contribution in [3.63, 3.8) is 0 Å². The van der Waals surface area contributed by atoms with Crippen LogP contribution in [0.1, 0.15) is 12.7 Å². The summed E-state index contributed by atoms with van der Waals surface area (Å²) in [5, 5.41) is 9.16. The molecule has 0 aromatic carbocycles. The molecule has 102 valence electrons. The maximum atomic E-state index is 5.85. The first-order valence-corrected chi connectivity index (χ1v) is 7.44. The van der Waals surface area contributed by atoms with E-state index < -0.39 is 0 Å². The Kier molecular flexibility index (Phi) is 3.40. The highest BCUT2D eigenvalue weighted by atomic mass is 79.9. The summed E-state index contributed by atoms with van der Waals surface area (Å²) in [6.07, 6.45) is 4.04. The molecule has 2 aromatic rings. The Balaban J connectivity index is 1.99. The summed E-state index contributed by atoms with van der Waals surface area (Å²) in [5.74, 6) is 1.75. The molecule has 2 unspecified atom stereocenters. The van der Waals surface area contributed by atoms with Crippen LogP contribution in [0.15, 0.2) is 12.4 Å². The quantitative estimate of drug-likeness (QED) is 0.782. The van der Waals surface area contributed by atoms with Crippen LogP contribution in [0.4, 0.5) is 5.82 Å². The zero-order valence-electron chi connectivity index (χ0n) is 11.0. The van der Waals surface area contributed by atoms with E-state index in [1.54, 1.807) is 6.20 Å². The van der Waals surface area contributed by atoms with Gasteiger partial charge in [-0.05, 0) is 13.8 Å². The SMILES string of the molecule is Cc1nnc2c(N3CC(C)OC(CBr)C3)nccn12. The van der Waals surface area contributed by atoms with Gasteiger partial charge in [-0.15, -0.1) is 10.2 Å². The lowest BCUT2D eigenvalue weighted by Crippen LogP contribution is -2.47. The second kappa shape index (κ2) is 5.05. The van der Waals surface area contributed by atoms with Gasteiger partial charge < -0.3 is 9.64 Å². The third-order valence-corrected chi connectivity index (χ3v) is 4.00. The van der Waals surface area contributed by atoms with Crippen LogP contribution >= 0.6 is 15.9 Å². The lowest BCUT2D eigenvalue weighted by Gasteiger charge is -2.36. The second-order valence-corrected chi connectivity index (χ2v) is 5.47. The monoisotopic (exact) mass is 325 g/mol. The van der Waals surface area contributed by atoms with Crippen molar-refractivity contribution >= 4 is 27.4 Å². The van der Waals surface area contributed by atoms with Crippen molar-refractivity contribution in [2.45, 2.75) is 26.1 Å². The fourth-order valence-corrected chi connectivity index (χ4v) is 2.81. The van der Waals surface area contributed by atoms with E-state index in [2.05, 4.69) is 42.9 Å². The number of nitrogens with zero attached hydrogens (tertiary/aromatic N) is 5. The molecule has 2 aromatic heterocycles. The molecule has 19 heavy (non-hydrogen) atoms. The van der Waals surface area contributed by atoms with Gasteiger partial charge in [-0.25, -0.2) is 4.98 Å². The molecule has 2 atom stereocenters. The van der Waals surface area contributed by atoms with Crippen LogP contribution in [0.25, 0.3) is 5.65 Å². The molecule has 0 amide bonds. The van der Waals surface area contributed by atoms with Crippen molar-refractivity contribution in [3.05, 3.63) is 18.2 Å². The highest BCUT2D eigenvalue weighted by Crippen LogP contribution is 2.22. The second-order valence-electron chi connectivity index (χ2n) is 4.82. The molecular formula is C12H16BrN5O. The van der Waals surface area contributed by atoms with Gasteiger partial charge in [0.2, 0.25) is 5.65 Å². The van der Waals surface area contributed by atoms with Gasteiger partial charge >= 0.3 is 0 Å². The predicted octanol–water partition coefficient (Wildman–Crippen LogP) is 1.42. The van der Waals surface area contributed by atoms with Crippen molar-refractivity contribution in [1.29, 1.82) is 0 Å². The van der Waals surface area contributed by atoms with E-state index in [4.69, 9.17) is 4.74 Å². The molecule has 0 aliphatic carbocycles. The Labute approximate surface area is 119 Å². The highest BCUT2D eigenvalue weighted by molar-refractivity contribution is 9.09. The number of rotatable bonds is 2. The molecule has 3 heterocycles. The number of alkyl halides is 1. The van der Waals surface area contributed by atoms with E-state index in [-0.39, 0.29) is 12.2 Å². The van der Waals surface area contributed by atoms with E-state index >= 15 is 0 Å². The van der Waals surface area contributed by atoms with E-state index in [1.807, 2.05) is 17.5 Å². The topological polar surface area (TPSA) is 55.5 Å². The van der Waals surface area contributed by atoms with Crippen LogP contribution in [0.5, 0.6) is 0 Å².